The van der Waals surface area contributed by atoms with Gasteiger partial charge in [-0.3, -0.25) is 9.78 Å². The van der Waals surface area contributed by atoms with Crippen molar-refractivity contribution in [3.8, 4) is 11.3 Å². The van der Waals surface area contributed by atoms with Crippen LogP contribution in [0.5, 0.6) is 0 Å². The number of nitrogens with zero attached hydrogens (tertiary/aromatic N) is 4. The molecule has 0 N–H and O–H groups in total. The van der Waals surface area contributed by atoms with Gasteiger partial charge in [-0.1, -0.05) is 12.1 Å². The molecule has 25 heavy (non-hydrogen) atoms. The summed E-state index contributed by atoms with van der Waals surface area (Å²) in [4.78, 5) is 25.4. The molecule has 1 aliphatic heterocycles. The first-order valence-electron chi connectivity index (χ1n) is 8.50. The Morgan fingerprint density at radius 3 is 2.72 bits per heavy atom. The van der Waals surface area contributed by atoms with Gasteiger partial charge in [-0.25, -0.2) is 4.98 Å². The van der Waals surface area contributed by atoms with Crippen molar-refractivity contribution in [3.05, 3.63) is 42.2 Å². The summed E-state index contributed by atoms with van der Waals surface area (Å²) in [5.41, 5.74) is 2.44. The molecule has 1 atom stereocenters. The second-order valence-corrected chi connectivity index (χ2v) is 6.48. The molecular weight excluding hydrogens is 316 g/mol. The molecule has 1 amide bonds. The van der Waals surface area contributed by atoms with Crippen molar-refractivity contribution in [2.24, 2.45) is 0 Å². The lowest BCUT2D eigenvalue weighted by molar-refractivity contribution is 0.0630. The van der Waals surface area contributed by atoms with Crippen LogP contribution < -0.4 is 4.90 Å². The van der Waals surface area contributed by atoms with E-state index >= 15 is 0 Å². The molecule has 132 valence electrons. The van der Waals surface area contributed by atoms with Crippen molar-refractivity contribution in [1.82, 2.24) is 14.9 Å². The maximum Gasteiger partial charge on any atom is 0.254 e. The fourth-order valence-electron chi connectivity index (χ4n) is 3.13. The summed E-state index contributed by atoms with van der Waals surface area (Å²) in [5.74, 6) is 0.872. The molecule has 0 saturated carbocycles. The summed E-state index contributed by atoms with van der Waals surface area (Å²) in [6, 6.07) is 7.77. The maximum absolute atomic E-state index is 12.8. The van der Waals surface area contributed by atoms with Gasteiger partial charge in [0, 0.05) is 38.9 Å². The minimum Gasteiger partial charge on any atom is -0.383 e. The van der Waals surface area contributed by atoms with Gasteiger partial charge in [0.1, 0.15) is 5.82 Å². The Morgan fingerprint density at radius 2 is 2.04 bits per heavy atom. The van der Waals surface area contributed by atoms with Gasteiger partial charge in [-0.05, 0) is 25.0 Å². The number of methoxy groups -OCH3 is 1. The Labute approximate surface area is 148 Å². The van der Waals surface area contributed by atoms with Gasteiger partial charge in [0.25, 0.3) is 5.91 Å². The zero-order valence-corrected chi connectivity index (χ0v) is 15.0. The Balaban J connectivity index is 1.78. The van der Waals surface area contributed by atoms with Crippen LogP contribution in [0.15, 0.2) is 36.7 Å². The third kappa shape index (κ3) is 3.79. The summed E-state index contributed by atoms with van der Waals surface area (Å²) in [6.45, 7) is 1.39. The molecule has 0 unspecified atom stereocenters. The van der Waals surface area contributed by atoms with Crippen molar-refractivity contribution in [1.29, 1.82) is 0 Å². The number of aromatic nitrogens is 2. The van der Waals surface area contributed by atoms with E-state index in [1.165, 1.54) is 0 Å². The first-order chi connectivity index (χ1) is 12.1. The van der Waals surface area contributed by atoms with E-state index in [4.69, 9.17) is 4.74 Å². The zero-order valence-electron chi connectivity index (χ0n) is 15.0. The van der Waals surface area contributed by atoms with Crippen molar-refractivity contribution >= 4 is 11.7 Å². The first-order valence-corrected chi connectivity index (χ1v) is 8.50. The maximum atomic E-state index is 12.8. The van der Waals surface area contributed by atoms with Crippen LogP contribution in [-0.4, -0.2) is 61.2 Å². The van der Waals surface area contributed by atoms with Crippen LogP contribution in [0.1, 0.15) is 23.2 Å². The van der Waals surface area contributed by atoms with Gasteiger partial charge < -0.3 is 14.5 Å². The molecule has 0 radical (unpaired) electrons. The molecule has 1 aromatic carbocycles. The number of hydrogen-bond donors (Lipinski definition) is 0. The number of hydrogen-bond acceptors (Lipinski definition) is 5. The Hall–Kier alpha value is -2.47. The van der Waals surface area contributed by atoms with E-state index in [0.717, 1.165) is 36.5 Å². The summed E-state index contributed by atoms with van der Waals surface area (Å²) in [6.07, 6.45) is 5.50. The Morgan fingerprint density at radius 1 is 1.28 bits per heavy atom. The highest BCUT2D eigenvalue weighted by molar-refractivity contribution is 5.95. The second kappa shape index (κ2) is 7.61. The average Bonchev–Trinajstić information content (AvgIpc) is 3.10. The minimum absolute atomic E-state index is 0.0687. The molecule has 1 aliphatic rings. The average molecular weight is 340 g/mol. The van der Waals surface area contributed by atoms with Crippen molar-refractivity contribution < 1.29 is 9.53 Å². The Kier molecular flexibility index (Phi) is 5.28. The van der Waals surface area contributed by atoms with Crippen LogP contribution in [0.25, 0.3) is 11.3 Å². The first kappa shape index (κ1) is 17.4. The van der Waals surface area contributed by atoms with Gasteiger partial charge in [0.15, 0.2) is 0 Å². The highest BCUT2D eigenvalue weighted by Crippen LogP contribution is 2.23. The quantitative estimate of drug-likeness (QED) is 0.837. The number of rotatable bonds is 5. The third-order valence-electron chi connectivity index (χ3n) is 4.50. The molecule has 1 saturated heterocycles. The number of carbonyl (C=O) groups is 1. The van der Waals surface area contributed by atoms with E-state index < -0.39 is 0 Å². The van der Waals surface area contributed by atoms with E-state index in [9.17, 15) is 4.79 Å². The topological polar surface area (TPSA) is 58.6 Å². The highest BCUT2D eigenvalue weighted by Gasteiger charge is 2.29. The monoisotopic (exact) mass is 340 g/mol. The van der Waals surface area contributed by atoms with Crippen molar-refractivity contribution in [3.63, 3.8) is 0 Å². The fourth-order valence-corrected chi connectivity index (χ4v) is 3.13. The van der Waals surface area contributed by atoms with E-state index in [0.29, 0.717) is 12.2 Å². The van der Waals surface area contributed by atoms with E-state index in [1.54, 1.807) is 19.5 Å². The lowest BCUT2D eigenvalue weighted by Gasteiger charge is -2.24. The van der Waals surface area contributed by atoms with E-state index in [-0.39, 0.29) is 11.9 Å². The summed E-state index contributed by atoms with van der Waals surface area (Å²) in [5, 5.41) is 0. The normalized spacial score (nSPS) is 16.9. The standard InChI is InChI=1S/C19H24N4O2/c1-22(2)18-12-20-11-17(21-18)14-6-8-15(9-7-14)19(24)23-10-4-5-16(23)13-25-3/h6-9,11-12,16H,4-5,10,13H2,1-3H3/t16-/m0/s1. The van der Waals surface area contributed by atoms with Crippen LogP contribution in [0.4, 0.5) is 5.82 Å². The predicted molar refractivity (Wildman–Crippen MR) is 97.7 cm³/mol. The number of likely N-dealkylation sites (tertiary alicyclic amines) is 1. The Bertz CT molecular complexity index is 730. The van der Waals surface area contributed by atoms with Crippen LogP contribution in [-0.2, 0) is 4.74 Å². The van der Waals surface area contributed by atoms with Crippen molar-refractivity contribution in [2.45, 2.75) is 18.9 Å². The van der Waals surface area contributed by atoms with Gasteiger partial charge in [-0.2, -0.15) is 0 Å². The summed E-state index contributed by atoms with van der Waals surface area (Å²) in [7, 11) is 5.54. The molecule has 1 aromatic heterocycles. The molecule has 6 nitrogen and oxygen atoms in total. The molecule has 0 bridgehead atoms. The molecule has 3 rings (SSSR count). The van der Waals surface area contributed by atoms with Crippen molar-refractivity contribution in [2.75, 3.05) is 39.3 Å². The smallest absolute Gasteiger partial charge is 0.254 e. The van der Waals surface area contributed by atoms with Crippen LogP contribution in [0, 0.1) is 0 Å². The molecular formula is C19H24N4O2. The van der Waals surface area contributed by atoms with Crippen LogP contribution in [0.2, 0.25) is 0 Å². The lowest BCUT2D eigenvalue weighted by atomic mass is 10.1. The lowest BCUT2D eigenvalue weighted by Crippen LogP contribution is -2.38. The number of carbonyl (C=O) groups excluding carboxylic acids is 1. The summed E-state index contributed by atoms with van der Waals surface area (Å²) < 4.78 is 5.24. The molecule has 2 aromatic rings. The van der Waals surface area contributed by atoms with E-state index in [1.807, 2.05) is 48.2 Å². The SMILES string of the molecule is COC[C@@H]1CCCN1C(=O)c1ccc(-c2cncc(N(C)C)n2)cc1. The number of benzene rings is 1. The largest absolute Gasteiger partial charge is 0.383 e. The van der Waals surface area contributed by atoms with Gasteiger partial charge in [0.2, 0.25) is 0 Å². The second-order valence-electron chi connectivity index (χ2n) is 6.48. The fraction of sp³-hybridized carbons (Fsp3) is 0.421. The third-order valence-corrected chi connectivity index (χ3v) is 4.50. The number of ether oxygens (including phenoxy) is 1. The predicted octanol–water partition coefficient (Wildman–Crippen LogP) is 2.46. The zero-order chi connectivity index (χ0) is 17.8. The van der Waals surface area contributed by atoms with Gasteiger partial charge in [0.05, 0.1) is 30.7 Å². The molecule has 1 fully saturated rings. The van der Waals surface area contributed by atoms with Gasteiger partial charge >= 0.3 is 0 Å². The number of anilines is 1. The molecule has 0 aliphatic carbocycles. The minimum atomic E-state index is 0.0687. The summed E-state index contributed by atoms with van der Waals surface area (Å²) >= 11 is 0. The van der Waals surface area contributed by atoms with Gasteiger partial charge in [-0.15, -0.1) is 0 Å². The van der Waals surface area contributed by atoms with Crippen LogP contribution >= 0.6 is 0 Å². The molecule has 6 heteroatoms. The van der Waals surface area contributed by atoms with Crippen LogP contribution in [0.3, 0.4) is 0 Å². The number of amides is 1. The van der Waals surface area contributed by atoms with E-state index in [2.05, 4.69) is 9.97 Å². The highest BCUT2D eigenvalue weighted by atomic mass is 16.5. The molecule has 0 spiro atoms. The molecule has 2 heterocycles.